The van der Waals surface area contributed by atoms with Crippen molar-refractivity contribution in [3.63, 3.8) is 0 Å². The molecule has 0 spiro atoms. The van der Waals surface area contributed by atoms with Crippen molar-refractivity contribution in [3.05, 3.63) is 36.0 Å². The van der Waals surface area contributed by atoms with Crippen LogP contribution in [0.1, 0.15) is 5.69 Å². The van der Waals surface area contributed by atoms with Gasteiger partial charge in [0.25, 0.3) is 0 Å². The van der Waals surface area contributed by atoms with Crippen molar-refractivity contribution in [1.82, 2.24) is 9.38 Å². The number of fused-ring (bicyclic) bond motifs is 1. The Labute approximate surface area is 67.7 Å². The summed E-state index contributed by atoms with van der Waals surface area (Å²) in [5, 5.41) is 8.58. The van der Waals surface area contributed by atoms with E-state index >= 15 is 0 Å². The highest BCUT2D eigenvalue weighted by molar-refractivity contribution is 5.43. The van der Waals surface area contributed by atoms with Crippen LogP contribution < -0.4 is 0 Å². The van der Waals surface area contributed by atoms with E-state index in [9.17, 15) is 4.39 Å². The van der Waals surface area contributed by atoms with Crippen molar-refractivity contribution in [2.75, 3.05) is 0 Å². The van der Waals surface area contributed by atoms with Crippen LogP contribution in [0.5, 0.6) is 0 Å². The summed E-state index contributed by atoms with van der Waals surface area (Å²) < 4.78 is 14.1. The molecular weight excluding hydrogens is 157 g/mol. The summed E-state index contributed by atoms with van der Waals surface area (Å²) in [7, 11) is 0. The zero-order chi connectivity index (χ0) is 8.55. The molecule has 0 saturated heterocycles. The Bertz CT molecular complexity index is 467. The number of aromatic nitrogens is 2. The van der Waals surface area contributed by atoms with Crippen LogP contribution >= 0.6 is 0 Å². The molecule has 0 fully saturated rings. The maximum atomic E-state index is 12.7. The van der Waals surface area contributed by atoms with E-state index in [0.717, 1.165) is 0 Å². The second kappa shape index (κ2) is 2.31. The predicted octanol–water partition coefficient (Wildman–Crippen LogP) is 1.35. The Balaban J connectivity index is 2.86. The van der Waals surface area contributed by atoms with Crippen molar-refractivity contribution in [1.29, 1.82) is 5.26 Å². The second-order valence-corrected chi connectivity index (χ2v) is 2.33. The molecule has 0 aliphatic carbocycles. The van der Waals surface area contributed by atoms with Gasteiger partial charge in [0.2, 0.25) is 0 Å². The molecule has 0 aliphatic rings. The zero-order valence-corrected chi connectivity index (χ0v) is 6.03. The Kier molecular flexibility index (Phi) is 1.31. The van der Waals surface area contributed by atoms with E-state index in [1.807, 2.05) is 6.07 Å². The summed E-state index contributed by atoms with van der Waals surface area (Å²) in [5.74, 6) is -0.378. The van der Waals surface area contributed by atoms with Gasteiger partial charge in [0.15, 0.2) is 0 Å². The average molecular weight is 161 g/mol. The van der Waals surface area contributed by atoms with Gasteiger partial charge < -0.3 is 0 Å². The number of pyridine rings is 1. The summed E-state index contributed by atoms with van der Waals surface area (Å²) in [6, 6.07) is 4.74. The van der Waals surface area contributed by atoms with Crippen LogP contribution in [0.4, 0.5) is 4.39 Å². The van der Waals surface area contributed by atoms with Gasteiger partial charge in [-0.05, 0) is 12.1 Å². The fourth-order valence-electron chi connectivity index (χ4n) is 1.04. The van der Waals surface area contributed by atoms with E-state index in [2.05, 4.69) is 4.98 Å². The maximum absolute atomic E-state index is 12.7. The summed E-state index contributed by atoms with van der Waals surface area (Å²) in [6.45, 7) is 0. The molecule has 0 unspecified atom stereocenters. The van der Waals surface area contributed by atoms with E-state index in [1.54, 1.807) is 0 Å². The van der Waals surface area contributed by atoms with Gasteiger partial charge in [-0.15, -0.1) is 0 Å². The molecule has 2 aromatic heterocycles. The van der Waals surface area contributed by atoms with Gasteiger partial charge in [-0.2, -0.15) is 5.26 Å². The first-order valence-electron chi connectivity index (χ1n) is 3.34. The third-order valence-electron chi connectivity index (χ3n) is 1.58. The number of rotatable bonds is 0. The Morgan fingerprint density at radius 3 is 3.08 bits per heavy atom. The minimum absolute atomic E-state index is 0.338. The van der Waals surface area contributed by atoms with Crippen molar-refractivity contribution in [3.8, 4) is 6.07 Å². The lowest BCUT2D eigenvalue weighted by Gasteiger charge is -1.92. The van der Waals surface area contributed by atoms with Gasteiger partial charge in [-0.1, -0.05) is 0 Å². The summed E-state index contributed by atoms with van der Waals surface area (Å²) >= 11 is 0. The van der Waals surface area contributed by atoms with Crippen molar-refractivity contribution in [2.24, 2.45) is 0 Å². The lowest BCUT2D eigenvalue weighted by molar-refractivity contribution is 0.619. The lowest BCUT2D eigenvalue weighted by atomic mass is 10.4. The smallest absolute Gasteiger partial charge is 0.144 e. The molecule has 12 heavy (non-hydrogen) atoms. The highest BCUT2D eigenvalue weighted by atomic mass is 19.1. The molecule has 0 aliphatic heterocycles. The zero-order valence-electron chi connectivity index (χ0n) is 6.03. The first-order chi connectivity index (χ1) is 5.81. The van der Waals surface area contributed by atoms with E-state index in [-0.39, 0.29) is 5.82 Å². The molecule has 58 valence electrons. The number of hydrogen-bond donors (Lipinski definition) is 0. The summed E-state index contributed by atoms with van der Waals surface area (Å²) in [6.07, 6.45) is 2.65. The molecule has 0 N–H and O–H groups in total. The van der Waals surface area contributed by atoms with Gasteiger partial charge in [-0.3, -0.25) is 4.40 Å². The van der Waals surface area contributed by atoms with E-state index < -0.39 is 0 Å². The van der Waals surface area contributed by atoms with Crippen molar-refractivity contribution in [2.45, 2.75) is 0 Å². The predicted molar refractivity (Wildman–Crippen MR) is 39.9 cm³/mol. The molecular formula is C8H4FN3. The second-order valence-electron chi connectivity index (χ2n) is 2.33. The van der Waals surface area contributed by atoms with E-state index in [1.165, 1.54) is 28.9 Å². The third kappa shape index (κ3) is 0.839. The topological polar surface area (TPSA) is 41.1 Å². The molecule has 0 bridgehead atoms. The standard InChI is InChI=1S/C8H4FN3/c9-6-1-2-8-11-4-7(3-10)12(8)5-6/h1-2,4-5H. The molecule has 2 rings (SSSR count). The molecule has 4 heteroatoms. The fourth-order valence-corrected chi connectivity index (χ4v) is 1.04. The fraction of sp³-hybridized carbons (Fsp3) is 0. The molecule has 2 aromatic rings. The Morgan fingerprint density at radius 2 is 2.33 bits per heavy atom. The molecule has 0 amide bonds. The SMILES string of the molecule is N#Cc1cnc2ccc(F)cn12. The van der Waals surface area contributed by atoms with Crippen LogP contribution in [0.15, 0.2) is 24.5 Å². The minimum atomic E-state index is -0.378. The van der Waals surface area contributed by atoms with Crippen LogP contribution in [0.3, 0.4) is 0 Å². The van der Waals surface area contributed by atoms with E-state index in [0.29, 0.717) is 11.3 Å². The van der Waals surface area contributed by atoms with Gasteiger partial charge >= 0.3 is 0 Å². The Morgan fingerprint density at radius 1 is 1.50 bits per heavy atom. The average Bonchev–Trinajstić information content (AvgIpc) is 2.46. The van der Waals surface area contributed by atoms with Crippen LogP contribution in [0.25, 0.3) is 5.65 Å². The first-order valence-corrected chi connectivity index (χ1v) is 3.34. The maximum Gasteiger partial charge on any atom is 0.144 e. The number of nitriles is 1. The van der Waals surface area contributed by atoms with Crippen LogP contribution in [0.2, 0.25) is 0 Å². The van der Waals surface area contributed by atoms with Gasteiger partial charge in [0.1, 0.15) is 23.2 Å². The normalized spacial score (nSPS) is 10.0. The van der Waals surface area contributed by atoms with Gasteiger partial charge in [0.05, 0.1) is 6.20 Å². The molecule has 0 atom stereocenters. The van der Waals surface area contributed by atoms with E-state index in [4.69, 9.17) is 5.26 Å². The number of imidazole rings is 1. The largest absolute Gasteiger partial charge is 0.288 e. The molecule has 3 nitrogen and oxygen atoms in total. The lowest BCUT2D eigenvalue weighted by Crippen LogP contribution is -1.88. The minimum Gasteiger partial charge on any atom is -0.288 e. The number of halogens is 1. The molecule has 0 aromatic carbocycles. The molecule has 0 saturated carbocycles. The number of nitrogens with zero attached hydrogens (tertiary/aromatic N) is 3. The summed E-state index contributed by atoms with van der Waals surface area (Å²) in [4.78, 5) is 3.90. The highest BCUT2D eigenvalue weighted by Gasteiger charge is 2.01. The van der Waals surface area contributed by atoms with Crippen molar-refractivity contribution >= 4 is 5.65 Å². The van der Waals surface area contributed by atoms with Crippen LogP contribution in [0, 0.1) is 17.1 Å². The quantitative estimate of drug-likeness (QED) is 0.585. The van der Waals surface area contributed by atoms with Gasteiger partial charge in [-0.25, -0.2) is 9.37 Å². The summed E-state index contributed by atoms with van der Waals surface area (Å²) in [5.41, 5.74) is 0.914. The first kappa shape index (κ1) is 6.80. The monoisotopic (exact) mass is 161 g/mol. The third-order valence-corrected chi connectivity index (χ3v) is 1.58. The molecule has 0 radical (unpaired) electrons. The van der Waals surface area contributed by atoms with Crippen LogP contribution in [-0.4, -0.2) is 9.38 Å². The van der Waals surface area contributed by atoms with Gasteiger partial charge in [0, 0.05) is 6.20 Å². The molecule has 2 heterocycles. The highest BCUT2D eigenvalue weighted by Crippen LogP contribution is 2.06. The van der Waals surface area contributed by atoms with Crippen LogP contribution in [-0.2, 0) is 0 Å². The number of hydrogen-bond acceptors (Lipinski definition) is 2. The Hall–Kier alpha value is -1.89. The van der Waals surface area contributed by atoms with Crippen molar-refractivity contribution < 1.29 is 4.39 Å².